The average molecular weight is 426 g/mol. The van der Waals surface area contributed by atoms with Crippen LogP contribution in [-0.2, 0) is 11.2 Å². The predicted molar refractivity (Wildman–Crippen MR) is 112 cm³/mol. The Labute approximate surface area is 179 Å². The van der Waals surface area contributed by atoms with Crippen LogP contribution in [0.3, 0.4) is 0 Å². The zero-order valence-corrected chi connectivity index (χ0v) is 17.8. The summed E-state index contributed by atoms with van der Waals surface area (Å²) in [7, 11) is 0. The number of nitrogens with zero attached hydrogens (tertiary/aromatic N) is 6. The van der Waals surface area contributed by atoms with Gasteiger partial charge in [-0.1, -0.05) is 0 Å². The summed E-state index contributed by atoms with van der Waals surface area (Å²) in [5, 5.41) is 4.51. The predicted octanol–water partition coefficient (Wildman–Crippen LogP) is 2.82. The van der Waals surface area contributed by atoms with Crippen molar-refractivity contribution in [3.63, 3.8) is 0 Å². The second kappa shape index (κ2) is 8.41. The van der Waals surface area contributed by atoms with Crippen LogP contribution in [0.4, 0.5) is 14.6 Å². The number of piperazine rings is 1. The highest BCUT2D eigenvalue weighted by Gasteiger charge is 2.21. The van der Waals surface area contributed by atoms with Gasteiger partial charge in [0.05, 0.1) is 5.69 Å². The molecule has 0 spiro atoms. The van der Waals surface area contributed by atoms with Crippen molar-refractivity contribution in [2.24, 2.45) is 0 Å². The first-order valence-corrected chi connectivity index (χ1v) is 10.2. The average Bonchev–Trinajstić information content (AvgIpc) is 3.05. The first-order chi connectivity index (χ1) is 14.8. The number of carbonyl (C=O) groups is 1. The molecule has 1 saturated heterocycles. The summed E-state index contributed by atoms with van der Waals surface area (Å²) in [4.78, 5) is 24.8. The molecule has 1 fully saturated rings. The van der Waals surface area contributed by atoms with E-state index in [4.69, 9.17) is 0 Å². The SMILES string of the molecule is CC(=O)N1CCN(c2cc(-n3nc(C)cc3C)nc(Cc3cc(F)cc(F)c3)n2)CC1. The Hall–Kier alpha value is -3.36. The minimum Gasteiger partial charge on any atom is -0.353 e. The van der Waals surface area contributed by atoms with Crippen LogP contribution < -0.4 is 4.90 Å². The maximum atomic E-state index is 13.7. The summed E-state index contributed by atoms with van der Waals surface area (Å²) in [5.41, 5.74) is 2.24. The largest absolute Gasteiger partial charge is 0.353 e. The molecule has 3 heterocycles. The number of anilines is 1. The second-order valence-corrected chi connectivity index (χ2v) is 7.79. The lowest BCUT2D eigenvalue weighted by atomic mass is 10.1. The standard InChI is InChI=1S/C22H24F2N6O/c1-14-8-15(2)30(27-14)22-13-21(29-6-4-28(5-7-29)16(3)31)25-20(26-22)11-17-9-18(23)12-19(24)10-17/h8-10,12-13H,4-7,11H2,1-3H3. The summed E-state index contributed by atoms with van der Waals surface area (Å²) in [5.74, 6) is 0.526. The number of halogens is 2. The molecule has 7 nitrogen and oxygen atoms in total. The van der Waals surface area contributed by atoms with Crippen molar-refractivity contribution in [1.29, 1.82) is 0 Å². The molecule has 1 amide bonds. The van der Waals surface area contributed by atoms with E-state index in [9.17, 15) is 13.6 Å². The van der Waals surface area contributed by atoms with Crippen molar-refractivity contribution in [2.75, 3.05) is 31.1 Å². The molecule has 0 bridgehead atoms. The highest BCUT2D eigenvalue weighted by atomic mass is 19.1. The molecule has 0 radical (unpaired) electrons. The van der Waals surface area contributed by atoms with Crippen molar-refractivity contribution in [3.05, 3.63) is 64.7 Å². The zero-order valence-electron chi connectivity index (χ0n) is 17.8. The molecule has 0 N–H and O–H groups in total. The third-order valence-electron chi connectivity index (χ3n) is 5.31. The first-order valence-electron chi connectivity index (χ1n) is 10.2. The van der Waals surface area contributed by atoms with Crippen LogP contribution in [0.15, 0.2) is 30.3 Å². The second-order valence-electron chi connectivity index (χ2n) is 7.79. The van der Waals surface area contributed by atoms with Gasteiger partial charge in [-0.05, 0) is 37.6 Å². The Bertz CT molecular complexity index is 1100. The van der Waals surface area contributed by atoms with Crippen LogP contribution in [-0.4, -0.2) is 56.7 Å². The van der Waals surface area contributed by atoms with Crippen LogP contribution in [0.1, 0.15) is 29.7 Å². The molecule has 1 aliphatic heterocycles. The minimum atomic E-state index is -0.634. The van der Waals surface area contributed by atoms with Gasteiger partial charge in [0.25, 0.3) is 0 Å². The quantitative estimate of drug-likeness (QED) is 0.642. The van der Waals surface area contributed by atoms with Crippen molar-refractivity contribution in [3.8, 4) is 5.82 Å². The van der Waals surface area contributed by atoms with E-state index in [1.807, 2.05) is 26.0 Å². The third-order valence-corrected chi connectivity index (χ3v) is 5.31. The Morgan fingerprint density at radius 3 is 2.16 bits per heavy atom. The maximum Gasteiger partial charge on any atom is 0.219 e. The molecule has 9 heteroatoms. The Kier molecular flexibility index (Phi) is 5.67. The van der Waals surface area contributed by atoms with Gasteiger partial charge in [0.2, 0.25) is 5.91 Å². The topological polar surface area (TPSA) is 67.2 Å². The Balaban J connectivity index is 1.70. The fourth-order valence-electron chi connectivity index (χ4n) is 3.83. The van der Waals surface area contributed by atoms with Gasteiger partial charge in [-0.3, -0.25) is 4.79 Å². The van der Waals surface area contributed by atoms with Gasteiger partial charge in [0.1, 0.15) is 23.3 Å². The van der Waals surface area contributed by atoms with E-state index < -0.39 is 11.6 Å². The molecule has 162 valence electrons. The Morgan fingerprint density at radius 1 is 0.935 bits per heavy atom. The van der Waals surface area contributed by atoms with Gasteiger partial charge in [-0.25, -0.2) is 23.4 Å². The molecule has 31 heavy (non-hydrogen) atoms. The molecule has 0 atom stereocenters. The molecular formula is C22H24F2N6O. The molecule has 4 rings (SSSR count). The van der Waals surface area contributed by atoms with E-state index in [-0.39, 0.29) is 12.3 Å². The van der Waals surface area contributed by atoms with Crippen molar-refractivity contribution in [1.82, 2.24) is 24.6 Å². The van der Waals surface area contributed by atoms with Gasteiger partial charge in [-0.2, -0.15) is 5.10 Å². The molecule has 3 aromatic rings. The van der Waals surface area contributed by atoms with E-state index in [1.54, 1.807) is 16.5 Å². The van der Waals surface area contributed by atoms with Gasteiger partial charge in [0, 0.05) is 57.4 Å². The minimum absolute atomic E-state index is 0.0551. The maximum absolute atomic E-state index is 13.7. The zero-order chi connectivity index (χ0) is 22.1. The number of benzene rings is 1. The molecule has 0 saturated carbocycles. The van der Waals surface area contributed by atoms with Crippen molar-refractivity contribution in [2.45, 2.75) is 27.2 Å². The number of carbonyl (C=O) groups excluding carboxylic acids is 1. The number of aromatic nitrogens is 4. The normalized spacial score (nSPS) is 14.2. The highest BCUT2D eigenvalue weighted by Crippen LogP contribution is 2.21. The van der Waals surface area contributed by atoms with Gasteiger partial charge in [-0.15, -0.1) is 0 Å². The van der Waals surface area contributed by atoms with Crippen LogP contribution in [0.2, 0.25) is 0 Å². The van der Waals surface area contributed by atoms with Crippen molar-refractivity contribution >= 4 is 11.7 Å². The van der Waals surface area contributed by atoms with Crippen LogP contribution in [0.5, 0.6) is 0 Å². The number of hydrogen-bond donors (Lipinski definition) is 0. The van der Waals surface area contributed by atoms with E-state index in [0.717, 1.165) is 17.5 Å². The lowest BCUT2D eigenvalue weighted by Crippen LogP contribution is -2.48. The van der Waals surface area contributed by atoms with Gasteiger partial charge >= 0.3 is 0 Å². The van der Waals surface area contributed by atoms with Crippen LogP contribution in [0, 0.1) is 25.5 Å². The molecule has 2 aromatic heterocycles. The van der Waals surface area contributed by atoms with E-state index in [0.29, 0.717) is 49.2 Å². The third kappa shape index (κ3) is 4.70. The van der Waals surface area contributed by atoms with Crippen LogP contribution in [0.25, 0.3) is 5.82 Å². The summed E-state index contributed by atoms with van der Waals surface area (Å²) in [6.07, 6.45) is 0.183. The summed E-state index contributed by atoms with van der Waals surface area (Å²) < 4.78 is 29.1. The summed E-state index contributed by atoms with van der Waals surface area (Å²) >= 11 is 0. The van der Waals surface area contributed by atoms with Gasteiger partial charge in [0.15, 0.2) is 5.82 Å². The molecule has 1 aromatic carbocycles. The first kappa shape index (κ1) is 20.9. The molecule has 1 aliphatic rings. The monoisotopic (exact) mass is 426 g/mol. The Morgan fingerprint density at radius 2 is 1.58 bits per heavy atom. The van der Waals surface area contributed by atoms with E-state index in [2.05, 4.69) is 20.0 Å². The smallest absolute Gasteiger partial charge is 0.219 e. The van der Waals surface area contributed by atoms with E-state index >= 15 is 0 Å². The molecule has 0 unspecified atom stereocenters. The number of hydrogen-bond acceptors (Lipinski definition) is 5. The lowest BCUT2D eigenvalue weighted by Gasteiger charge is -2.35. The number of amides is 1. The fourth-order valence-corrected chi connectivity index (χ4v) is 3.83. The van der Waals surface area contributed by atoms with Crippen molar-refractivity contribution < 1.29 is 13.6 Å². The van der Waals surface area contributed by atoms with Crippen LogP contribution >= 0.6 is 0 Å². The van der Waals surface area contributed by atoms with Gasteiger partial charge < -0.3 is 9.80 Å². The lowest BCUT2D eigenvalue weighted by molar-refractivity contribution is -0.129. The fraction of sp³-hybridized carbons (Fsp3) is 0.364. The summed E-state index contributed by atoms with van der Waals surface area (Å²) in [6.45, 7) is 7.91. The molecule has 0 aliphatic carbocycles. The highest BCUT2D eigenvalue weighted by molar-refractivity contribution is 5.73. The summed E-state index contributed by atoms with van der Waals surface area (Å²) in [6, 6.07) is 7.23. The molecular weight excluding hydrogens is 402 g/mol. The number of rotatable bonds is 4. The number of aryl methyl sites for hydroxylation is 2. The van der Waals surface area contributed by atoms with E-state index in [1.165, 1.54) is 12.1 Å².